The quantitative estimate of drug-likeness (QED) is 0.846. The normalized spacial score (nSPS) is 13.2. The summed E-state index contributed by atoms with van der Waals surface area (Å²) < 4.78 is 24.5. The molecule has 0 fully saturated rings. The van der Waals surface area contributed by atoms with Crippen molar-refractivity contribution >= 4 is 9.84 Å². The van der Waals surface area contributed by atoms with Crippen LogP contribution in [0.4, 0.5) is 0 Å². The van der Waals surface area contributed by atoms with Gasteiger partial charge in [0.2, 0.25) is 0 Å². The molecule has 0 atom stereocenters. The van der Waals surface area contributed by atoms with E-state index in [2.05, 4.69) is 24.1 Å². The Hall–Kier alpha value is -0.880. The summed E-state index contributed by atoms with van der Waals surface area (Å²) in [5.74, 6) is 0. The van der Waals surface area contributed by atoms with Crippen LogP contribution >= 0.6 is 0 Å². The maximum Gasteiger partial charge on any atom is 0.154 e. The van der Waals surface area contributed by atoms with Gasteiger partial charge < -0.3 is 9.88 Å². The van der Waals surface area contributed by atoms with Crippen LogP contribution in [-0.2, 0) is 22.9 Å². The van der Waals surface area contributed by atoms with Crippen LogP contribution in [0.5, 0.6) is 0 Å². The molecule has 1 rings (SSSR count). The summed E-state index contributed by atoms with van der Waals surface area (Å²) in [6.45, 7) is 8.73. The van der Waals surface area contributed by atoms with Crippen LogP contribution in [0.3, 0.4) is 0 Å². The van der Waals surface area contributed by atoms with E-state index < -0.39 is 14.6 Å². The first-order valence-corrected chi connectivity index (χ1v) is 7.94. The number of aromatic nitrogens is 2. The Kier molecular flexibility index (Phi) is 4.55. The van der Waals surface area contributed by atoms with Gasteiger partial charge in [0.15, 0.2) is 9.84 Å². The van der Waals surface area contributed by atoms with Gasteiger partial charge in [-0.3, -0.25) is 0 Å². The molecule has 1 heterocycles. The second-order valence-corrected chi connectivity index (χ2v) is 8.23. The molecule has 104 valence electrons. The molecule has 1 aromatic heterocycles. The third-order valence-electron chi connectivity index (χ3n) is 3.04. The van der Waals surface area contributed by atoms with Crippen molar-refractivity contribution < 1.29 is 8.42 Å². The zero-order chi connectivity index (χ0) is 14.0. The summed E-state index contributed by atoms with van der Waals surface area (Å²) in [5, 5.41) is 3.30. The standard InChI is InChI=1S/C12H23N3O2S/c1-10(2)14-7-11-6-13-9-15(11)8-12(3,4)18(5,16)17/h6,9-10,14H,7-8H2,1-5H3. The van der Waals surface area contributed by atoms with Gasteiger partial charge in [0.1, 0.15) is 0 Å². The number of hydrogen-bond acceptors (Lipinski definition) is 4. The molecule has 1 aromatic rings. The van der Waals surface area contributed by atoms with Gasteiger partial charge in [0.05, 0.1) is 16.8 Å². The monoisotopic (exact) mass is 273 g/mol. The molecule has 0 aliphatic carbocycles. The van der Waals surface area contributed by atoms with E-state index in [4.69, 9.17) is 0 Å². The summed E-state index contributed by atoms with van der Waals surface area (Å²) in [5.41, 5.74) is 1.00. The molecule has 0 spiro atoms. The molecule has 18 heavy (non-hydrogen) atoms. The Labute approximate surface area is 110 Å². The van der Waals surface area contributed by atoms with Crippen molar-refractivity contribution in [1.29, 1.82) is 0 Å². The maximum atomic E-state index is 11.7. The van der Waals surface area contributed by atoms with E-state index in [0.29, 0.717) is 19.1 Å². The number of nitrogens with one attached hydrogen (secondary N) is 1. The van der Waals surface area contributed by atoms with E-state index in [1.165, 1.54) is 6.26 Å². The Balaban J connectivity index is 2.83. The van der Waals surface area contributed by atoms with Crippen molar-refractivity contribution in [3.8, 4) is 0 Å². The van der Waals surface area contributed by atoms with Crippen molar-refractivity contribution in [1.82, 2.24) is 14.9 Å². The van der Waals surface area contributed by atoms with Gasteiger partial charge in [-0.1, -0.05) is 13.8 Å². The van der Waals surface area contributed by atoms with E-state index in [1.54, 1.807) is 26.4 Å². The van der Waals surface area contributed by atoms with Crippen molar-refractivity contribution in [3.05, 3.63) is 18.2 Å². The lowest BCUT2D eigenvalue weighted by atomic mass is 10.2. The maximum absolute atomic E-state index is 11.7. The van der Waals surface area contributed by atoms with Crippen molar-refractivity contribution in [2.75, 3.05) is 6.26 Å². The lowest BCUT2D eigenvalue weighted by Gasteiger charge is -2.24. The molecule has 0 aliphatic rings. The Morgan fingerprint density at radius 1 is 1.44 bits per heavy atom. The van der Waals surface area contributed by atoms with Gasteiger partial charge in [-0.2, -0.15) is 0 Å². The molecule has 0 aliphatic heterocycles. The van der Waals surface area contributed by atoms with Crippen LogP contribution < -0.4 is 5.32 Å². The first-order valence-electron chi connectivity index (χ1n) is 6.05. The summed E-state index contributed by atoms with van der Waals surface area (Å²) in [6, 6.07) is 0.385. The first-order chi connectivity index (χ1) is 8.13. The van der Waals surface area contributed by atoms with Gasteiger partial charge in [0.25, 0.3) is 0 Å². The SMILES string of the molecule is CC(C)NCc1cncn1CC(C)(C)S(C)(=O)=O. The topological polar surface area (TPSA) is 64.0 Å². The molecule has 0 aromatic carbocycles. The number of nitrogens with zero attached hydrogens (tertiary/aromatic N) is 2. The lowest BCUT2D eigenvalue weighted by Crippen LogP contribution is -2.36. The highest BCUT2D eigenvalue weighted by Crippen LogP contribution is 2.18. The fraction of sp³-hybridized carbons (Fsp3) is 0.750. The molecule has 1 N–H and O–H groups in total. The molecule has 0 radical (unpaired) electrons. The Bertz CT molecular complexity index is 489. The van der Waals surface area contributed by atoms with Crippen LogP contribution in [0.2, 0.25) is 0 Å². The van der Waals surface area contributed by atoms with Crippen LogP contribution in [0, 0.1) is 0 Å². The molecule has 0 unspecified atom stereocenters. The number of rotatable bonds is 6. The molecule has 0 saturated heterocycles. The number of hydrogen-bond donors (Lipinski definition) is 1. The largest absolute Gasteiger partial charge is 0.332 e. The van der Waals surface area contributed by atoms with E-state index in [0.717, 1.165) is 5.69 Å². The average Bonchev–Trinajstić information content (AvgIpc) is 2.59. The summed E-state index contributed by atoms with van der Waals surface area (Å²) in [4.78, 5) is 4.09. The van der Waals surface area contributed by atoms with Gasteiger partial charge in [-0.15, -0.1) is 0 Å². The fourth-order valence-electron chi connectivity index (χ4n) is 1.47. The minimum Gasteiger partial charge on any atom is -0.332 e. The minimum absolute atomic E-state index is 0.385. The van der Waals surface area contributed by atoms with Crippen LogP contribution in [0.1, 0.15) is 33.4 Å². The third kappa shape index (κ3) is 3.81. The van der Waals surface area contributed by atoms with Crippen LogP contribution in [0.15, 0.2) is 12.5 Å². The van der Waals surface area contributed by atoms with Crippen LogP contribution in [-0.4, -0.2) is 35.0 Å². The highest BCUT2D eigenvalue weighted by molar-refractivity contribution is 7.92. The number of imidazole rings is 1. The summed E-state index contributed by atoms with van der Waals surface area (Å²) >= 11 is 0. The van der Waals surface area contributed by atoms with Crippen LogP contribution in [0.25, 0.3) is 0 Å². The third-order valence-corrected chi connectivity index (χ3v) is 5.18. The van der Waals surface area contributed by atoms with Gasteiger partial charge in [-0.05, 0) is 13.8 Å². The van der Waals surface area contributed by atoms with Gasteiger partial charge >= 0.3 is 0 Å². The predicted octanol–water partition coefficient (Wildman–Crippen LogP) is 1.20. The second kappa shape index (κ2) is 5.40. The Morgan fingerprint density at radius 2 is 2.06 bits per heavy atom. The zero-order valence-electron chi connectivity index (χ0n) is 11.8. The molecule has 6 heteroatoms. The molecule has 0 amide bonds. The Morgan fingerprint density at radius 3 is 2.56 bits per heavy atom. The van der Waals surface area contributed by atoms with Crippen molar-refractivity contribution in [2.24, 2.45) is 0 Å². The van der Waals surface area contributed by atoms with E-state index >= 15 is 0 Å². The van der Waals surface area contributed by atoms with E-state index in [9.17, 15) is 8.42 Å². The molecule has 5 nitrogen and oxygen atoms in total. The predicted molar refractivity (Wildman–Crippen MR) is 73.1 cm³/mol. The molecule has 0 bridgehead atoms. The smallest absolute Gasteiger partial charge is 0.154 e. The van der Waals surface area contributed by atoms with Crippen molar-refractivity contribution in [2.45, 2.75) is 51.6 Å². The minimum atomic E-state index is -3.10. The first kappa shape index (κ1) is 15.2. The lowest BCUT2D eigenvalue weighted by molar-refractivity contribution is 0.484. The summed E-state index contributed by atoms with van der Waals surface area (Å²) in [7, 11) is -3.10. The fourth-order valence-corrected chi connectivity index (χ4v) is 1.85. The van der Waals surface area contributed by atoms with E-state index in [1.807, 2.05) is 4.57 Å². The average molecular weight is 273 g/mol. The highest BCUT2D eigenvalue weighted by atomic mass is 32.2. The molecule has 0 saturated carbocycles. The molecular weight excluding hydrogens is 250 g/mol. The molecular formula is C12H23N3O2S. The van der Waals surface area contributed by atoms with Gasteiger partial charge in [0, 0.05) is 31.6 Å². The van der Waals surface area contributed by atoms with Crippen molar-refractivity contribution in [3.63, 3.8) is 0 Å². The second-order valence-electron chi connectivity index (χ2n) is 5.58. The van der Waals surface area contributed by atoms with E-state index in [-0.39, 0.29) is 0 Å². The number of sulfone groups is 1. The zero-order valence-corrected chi connectivity index (χ0v) is 12.6. The summed E-state index contributed by atoms with van der Waals surface area (Å²) in [6.07, 6.45) is 4.73. The van der Waals surface area contributed by atoms with Gasteiger partial charge in [-0.25, -0.2) is 13.4 Å². The highest BCUT2D eigenvalue weighted by Gasteiger charge is 2.31.